The zero-order valence-corrected chi connectivity index (χ0v) is 12.6. The number of rotatable bonds is 5. The van der Waals surface area contributed by atoms with E-state index in [1.807, 2.05) is 0 Å². The molecule has 0 spiro atoms. The summed E-state index contributed by atoms with van der Waals surface area (Å²) >= 11 is 12.1. The van der Waals surface area contributed by atoms with Gasteiger partial charge in [0.05, 0.1) is 17.1 Å². The summed E-state index contributed by atoms with van der Waals surface area (Å²) in [5.74, 6) is 0.579. The SMILES string of the molecule is COc1ccc(NCc2cc([N+](=O)[O-])ccc2Cl)cc1Cl. The molecule has 2 rings (SSSR count). The lowest BCUT2D eigenvalue weighted by Gasteiger charge is -2.10. The lowest BCUT2D eigenvalue weighted by Crippen LogP contribution is -2.01. The number of anilines is 1. The number of non-ortho nitro benzene ring substituents is 1. The Kier molecular flexibility index (Phi) is 4.88. The molecule has 0 fully saturated rings. The molecule has 1 N–H and O–H groups in total. The highest BCUT2D eigenvalue weighted by molar-refractivity contribution is 6.32. The van der Waals surface area contributed by atoms with Crippen molar-refractivity contribution < 1.29 is 9.66 Å². The molecule has 21 heavy (non-hydrogen) atoms. The van der Waals surface area contributed by atoms with E-state index in [0.717, 1.165) is 5.69 Å². The van der Waals surface area contributed by atoms with Crippen LogP contribution in [0.4, 0.5) is 11.4 Å². The van der Waals surface area contributed by atoms with Crippen LogP contribution in [-0.2, 0) is 6.54 Å². The summed E-state index contributed by atoms with van der Waals surface area (Å²) in [7, 11) is 1.54. The first-order chi connectivity index (χ1) is 10.0. The van der Waals surface area contributed by atoms with Gasteiger partial charge in [0.2, 0.25) is 0 Å². The van der Waals surface area contributed by atoms with Crippen molar-refractivity contribution in [2.45, 2.75) is 6.54 Å². The molecular weight excluding hydrogens is 315 g/mol. The lowest BCUT2D eigenvalue weighted by atomic mass is 10.2. The molecule has 2 aromatic carbocycles. The average Bonchev–Trinajstić information content (AvgIpc) is 2.46. The van der Waals surface area contributed by atoms with Gasteiger partial charge in [-0.1, -0.05) is 23.2 Å². The summed E-state index contributed by atoms with van der Waals surface area (Å²) < 4.78 is 5.07. The molecule has 0 unspecified atom stereocenters. The molecule has 0 bridgehead atoms. The maximum absolute atomic E-state index is 10.8. The van der Waals surface area contributed by atoms with Crippen LogP contribution in [0.15, 0.2) is 36.4 Å². The third kappa shape index (κ3) is 3.77. The largest absolute Gasteiger partial charge is 0.495 e. The van der Waals surface area contributed by atoms with Gasteiger partial charge in [0.1, 0.15) is 5.75 Å². The number of halogens is 2. The Balaban J connectivity index is 2.14. The number of nitro groups is 1. The van der Waals surface area contributed by atoms with Crippen LogP contribution >= 0.6 is 23.2 Å². The maximum Gasteiger partial charge on any atom is 0.269 e. The average molecular weight is 327 g/mol. The number of nitro benzene ring substituents is 1. The first-order valence-corrected chi connectivity index (χ1v) is 6.77. The molecule has 7 heteroatoms. The second-order valence-corrected chi connectivity index (χ2v) is 5.05. The van der Waals surface area contributed by atoms with Crippen molar-refractivity contribution in [3.05, 3.63) is 62.1 Å². The van der Waals surface area contributed by atoms with Gasteiger partial charge in [0, 0.05) is 29.4 Å². The van der Waals surface area contributed by atoms with E-state index in [4.69, 9.17) is 27.9 Å². The Bertz CT molecular complexity index is 677. The van der Waals surface area contributed by atoms with Crippen LogP contribution in [0.2, 0.25) is 10.0 Å². The van der Waals surface area contributed by atoms with Crippen molar-refractivity contribution in [3.8, 4) is 5.75 Å². The van der Waals surface area contributed by atoms with Crippen LogP contribution in [0.1, 0.15) is 5.56 Å². The molecule has 5 nitrogen and oxygen atoms in total. The molecule has 0 aromatic heterocycles. The summed E-state index contributed by atoms with van der Waals surface area (Å²) in [6, 6.07) is 9.58. The van der Waals surface area contributed by atoms with Crippen LogP contribution < -0.4 is 10.1 Å². The monoisotopic (exact) mass is 326 g/mol. The zero-order chi connectivity index (χ0) is 15.4. The molecule has 0 heterocycles. The molecule has 0 atom stereocenters. The number of nitrogens with zero attached hydrogens (tertiary/aromatic N) is 1. The van der Waals surface area contributed by atoms with E-state index in [1.165, 1.54) is 25.3 Å². The smallest absolute Gasteiger partial charge is 0.269 e. The minimum atomic E-state index is -0.454. The van der Waals surface area contributed by atoms with Gasteiger partial charge < -0.3 is 10.1 Å². The number of hydrogen-bond donors (Lipinski definition) is 1. The number of methoxy groups -OCH3 is 1. The highest BCUT2D eigenvalue weighted by Gasteiger charge is 2.10. The summed E-state index contributed by atoms with van der Waals surface area (Å²) in [6.07, 6.45) is 0. The zero-order valence-electron chi connectivity index (χ0n) is 11.1. The molecule has 0 aliphatic heterocycles. The molecular formula is C14H12Cl2N2O3. The van der Waals surface area contributed by atoms with E-state index in [-0.39, 0.29) is 5.69 Å². The number of benzene rings is 2. The van der Waals surface area contributed by atoms with Crippen molar-refractivity contribution in [1.82, 2.24) is 0 Å². The van der Waals surface area contributed by atoms with Crippen molar-refractivity contribution >= 4 is 34.6 Å². The maximum atomic E-state index is 10.8. The van der Waals surface area contributed by atoms with Crippen molar-refractivity contribution in [2.75, 3.05) is 12.4 Å². The van der Waals surface area contributed by atoms with Gasteiger partial charge >= 0.3 is 0 Å². The first kappa shape index (κ1) is 15.4. The number of ether oxygens (including phenoxy) is 1. The third-order valence-corrected chi connectivity index (χ3v) is 3.54. The molecule has 0 saturated carbocycles. The van der Waals surface area contributed by atoms with E-state index >= 15 is 0 Å². The fraction of sp³-hybridized carbons (Fsp3) is 0.143. The number of nitrogens with one attached hydrogen (secondary N) is 1. The van der Waals surface area contributed by atoms with Crippen LogP contribution in [-0.4, -0.2) is 12.0 Å². The fourth-order valence-corrected chi connectivity index (χ4v) is 2.23. The Morgan fingerprint density at radius 1 is 1.19 bits per heavy atom. The number of hydrogen-bond acceptors (Lipinski definition) is 4. The van der Waals surface area contributed by atoms with Crippen LogP contribution in [0.3, 0.4) is 0 Å². The van der Waals surface area contributed by atoms with Gasteiger partial charge in [-0.3, -0.25) is 10.1 Å². The van der Waals surface area contributed by atoms with E-state index in [2.05, 4.69) is 5.32 Å². The van der Waals surface area contributed by atoms with E-state index in [9.17, 15) is 10.1 Å². The van der Waals surface area contributed by atoms with Gasteiger partial charge in [0.15, 0.2) is 0 Å². The standard InChI is InChI=1S/C14H12Cl2N2O3/c1-21-14-5-2-10(7-13(14)16)17-8-9-6-11(18(19)20)3-4-12(9)15/h2-7,17H,8H2,1H3. The van der Waals surface area contributed by atoms with Crippen molar-refractivity contribution in [2.24, 2.45) is 0 Å². The topological polar surface area (TPSA) is 64.4 Å². The normalized spacial score (nSPS) is 10.2. The van der Waals surface area contributed by atoms with Crippen molar-refractivity contribution in [3.63, 3.8) is 0 Å². The van der Waals surface area contributed by atoms with E-state index in [1.54, 1.807) is 18.2 Å². The molecule has 0 aliphatic carbocycles. The molecule has 0 radical (unpaired) electrons. The van der Waals surface area contributed by atoms with Gasteiger partial charge in [-0.15, -0.1) is 0 Å². The third-order valence-electron chi connectivity index (χ3n) is 2.87. The molecule has 0 amide bonds. The van der Waals surface area contributed by atoms with Crippen LogP contribution in [0.5, 0.6) is 5.75 Å². The van der Waals surface area contributed by atoms with Crippen LogP contribution in [0, 0.1) is 10.1 Å². The fourth-order valence-electron chi connectivity index (χ4n) is 1.78. The lowest BCUT2D eigenvalue weighted by molar-refractivity contribution is -0.384. The molecule has 2 aromatic rings. The van der Waals surface area contributed by atoms with Gasteiger partial charge in [-0.25, -0.2) is 0 Å². The summed E-state index contributed by atoms with van der Waals surface area (Å²) in [4.78, 5) is 10.3. The van der Waals surface area contributed by atoms with Crippen LogP contribution in [0.25, 0.3) is 0 Å². The Hall–Kier alpha value is -1.98. The van der Waals surface area contributed by atoms with Gasteiger partial charge in [0.25, 0.3) is 5.69 Å². The Labute approximate surface area is 131 Å². The van der Waals surface area contributed by atoms with E-state index < -0.39 is 4.92 Å². The summed E-state index contributed by atoms with van der Waals surface area (Å²) in [5, 5.41) is 14.8. The van der Waals surface area contributed by atoms with Gasteiger partial charge in [-0.05, 0) is 29.8 Å². The predicted molar refractivity (Wildman–Crippen MR) is 83.4 cm³/mol. The van der Waals surface area contributed by atoms with Gasteiger partial charge in [-0.2, -0.15) is 0 Å². The molecule has 110 valence electrons. The highest BCUT2D eigenvalue weighted by atomic mass is 35.5. The summed E-state index contributed by atoms with van der Waals surface area (Å²) in [6.45, 7) is 0.350. The molecule has 0 saturated heterocycles. The Morgan fingerprint density at radius 2 is 1.95 bits per heavy atom. The predicted octanol–water partition coefficient (Wildman–Crippen LogP) is 4.52. The minimum Gasteiger partial charge on any atom is -0.495 e. The second-order valence-electron chi connectivity index (χ2n) is 4.24. The first-order valence-electron chi connectivity index (χ1n) is 6.01. The summed E-state index contributed by atoms with van der Waals surface area (Å²) in [5.41, 5.74) is 1.41. The molecule has 0 aliphatic rings. The second kappa shape index (κ2) is 6.65. The van der Waals surface area contributed by atoms with Crippen molar-refractivity contribution in [1.29, 1.82) is 0 Å². The highest BCUT2D eigenvalue weighted by Crippen LogP contribution is 2.28. The van der Waals surface area contributed by atoms with E-state index in [0.29, 0.717) is 27.9 Å². The minimum absolute atomic E-state index is 0.00367. The Morgan fingerprint density at radius 3 is 2.57 bits per heavy atom. The quantitative estimate of drug-likeness (QED) is 0.648.